The quantitative estimate of drug-likeness (QED) is 0.491. The largest absolute Gasteiger partial charge is 0.384 e. The summed E-state index contributed by atoms with van der Waals surface area (Å²) in [5.74, 6) is 0. The van der Waals surface area contributed by atoms with Crippen LogP contribution in [0.1, 0.15) is 69.4 Å². The Morgan fingerprint density at radius 3 is 1.20 bits per heavy atom. The van der Waals surface area contributed by atoms with Gasteiger partial charge in [-0.25, -0.2) is 0 Å². The van der Waals surface area contributed by atoms with Crippen LogP contribution >= 0.6 is 0 Å². The standard InChI is InChI=1S/C29H36O/c1-27(2,3)24-16-12-22(13-17-24)20-29(30,26-10-8-7-9-11-26)21-23-14-18-25(19-15-23)28(4,5)6/h7-19,30H,20-21H2,1-6H3. The molecule has 158 valence electrons. The molecule has 1 heteroatoms. The van der Waals surface area contributed by atoms with Crippen LogP contribution in [0.25, 0.3) is 0 Å². The molecular formula is C29H36O. The van der Waals surface area contributed by atoms with Crippen LogP contribution < -0.4 is 0 Å². The van der Waals surface area contributed by atoms with E-state index in [9.17, 15) is 5.11 Å². The van der Waals surface area contributed by atoms with Crippen LogP contribution in [0.5, 0.6) is 0 Å². The first-order valence-electron chi connectivity index (χ1n) is 10.9. The third kappa shape index (κ3) is 5.40. The Morgan fingerprint density at radius 2 is 0.867 bits per heavy atom. The highest BCUT2D eigenvalue weighted by atomic mass is 16.3. The van der Waals surface area contributed by atoms with Crippen molar-refractivity contribution < 1.29 is 5.11 Å². The molecule has 0 saturated carbocycles. The molecule has 0 aromatic heterocycles. The lowest BCUT2D eigenvalue weighted by molar-refractivity contribution is 0.0371. The van der Waals surface area contributed by atoms with Crippen molar-refractivity contribution >= 4 is 0 Å². The predicted molar refractivity (Wildman–Crippen MR) is 128 cm³/mol. The van der Waals surface area contributed by atoms with E-state index in [1.807, 2.05) is 30.3 Å². The molecule has 1 nitrogen and oxygen atoms in total. The maximum absolute atomic E-state index is 11.8. The molecule has 0 amide bonds. The fourth-order valence-electron chi connectivity index (χ4n) is 3.94. The Labute approximate surface area is 182 Å². The molecule has 0 spiro atoms. The molecule has 3 rings (SSSR count). The number of aliphatic hydroxyl groups is 1. The van der Waals surface area contributed by atoms with E-state index in [1.54, 1.807) is 0 Å². The maximum atomic E-state index is 11.8. The molecule has 0 atom stereocenters. The van der Waals surface area contributed by atoms with Gasteiger partial charge >= 0.3 is 0 Å². The zero-order chi connectivity index (χ0) is 22.0. The molecule has 0 radical (unpaired) electrons. The maximum Gasteiger partial charge on any atom is 0.0976 e. The highest BCUT2D eigenvalue weighted by Crippen LogP contribution is 2.32. The second-order valence-corrected chi connectivity index (χ2v) is 10.6. The summed E-state index contributed by atoms with van der Waals surface area (Å²) in [5, 5.41) is 11.8. The molecule has 30 heavy (non-hydrogen) atoms. The Hall–Kier alpha value is -2.38. The van der Waals surface area contributed by atoms with Gasteiger partial charge < -0.3 is 5.11 Å². The van der Waals surface area contributed by atoms with Gasteiger partial charge in [0.2, 0.25) is 0 Å². The molecule has 3 aromatic carbocycles. The average Bonchev–Trinajstić information content (AvgIpc) is 2.68. The summed E-state index contributed by atoms with van der Waals surface area (Å²) >= 11 is 0. The van der Waals surface area contributed by atoms with Gasteiger partial charge in [0, 0.05) is 12.8 Å². The smallest absolute Gasteiger partial charge is 0.0976 e. The van der Waals surface area contributed by atoms with Crippen LogP contribution in [0.15, 0.2) is 78.9 Å². The molecule has 0 aliphatic rings. The van der Waals surface area contributed by atoms with E-state index in [0.717, 1.165) is 16.7 Å². The monoisotopic (exact) mass is 400 g/mol. The minimum Gasteiger partial charge on any atom is -0.384 e. The minimum atomic E-state index is -0.951. The third-order valence-electron chi connectivity index (χ3n) is 5.94. The topological polar surface area (TPSA) is 20.2 Å². The molecule has 0 aliphatic carbocycles. The fraction of sp³-hybridized carbons (Fsp3) is 0.379. The molecule has 0 heterocycles. The van der Waals surface area contributed by atoms with Crippen molar-refractivity contribution in [1.82, 2.24) is 0 Å². The molecule has 3 aromatic rings. The van der Waals surface area contributed by atoms with Crippen LogP contribution in [0.3, 0.4) is 0 Å². The van der Waals surface area contributed by atoms with Crippen LogP contribution in [0.2, 0.25) is 0 Å². The number of hydrogen-bond donors (Lipinski definition) is 1. The second kappa shape index (κ2) is 8.40. The summed E-state index contributed by atoms with van der Waals surface area (Å²) in [6.45, 7) is 13.4. The van der Waals surface area contributed by atoms with Crippen LogP contribution in [-0.2, 0) is 29.3 Å². The Kier molecular flexibility index (Phi) is 6.24. The van der Waals surface area contributed by atoms with Crippen molar-refractivity contribution in [2.24, 2.45) is 0 Å². The Bertz CT molecular complexity index is 877. The lowest BCUT2D eigenvalue weighted by atomic mass is 9.80. The van der Waals surface area contributed by atoms with Gasteiger partial charge in [0.25, 0.3) is 0 Å². The van der Waals surface area contributed by atoms with Crippen molar-refractivity contribution in [2.45, 2.75) is 70.8 Å². The molecule has 0 saturated heterocycles. The van der Waals surface area contributed by atoms with Gasteiger partial charge in [-0.15, -0.1) is 0 Å². The van der Waals surface area contributed by atoms with E-state index in [2.05, 4.69) is 90.1 Å². The van der Waals surface area contributed by atoms with E-state index in [1.165, 1.54) is 11.1 Å². The summed E-state index contributed by atoms with van der Waals surface area (Å²) in [4.78, 5) is 0. The first-order valence-corrected chi connectivity index (χ1v) is 10.9. The van der Waals surface area contributed by atoms with E-state index >= 15 is 0 Å². The van der Waals surface area contributed by atoms with Gasteiger partial charge in [0.15, 0.2) is 0 Å². The molecule has 0 unspecified atom stereocenters. The van der Waals surface area contributed by atoms with E-state index < -0.39 is 5.60 Å². The molecule has 1 N–H and O–H groups in total. The summed E-state index contributed by atoms with van der Waals surface area (Å²) in [6.07, 6.45) is 1.17. The molecule has 0 aliphatic heterocycles. The van der Waals surface area contributed by atoms with Gasteiger partial charge in [0.05, 0.1) is 5.60 Å². The summed E-state index contributed by atoms with van der Waals surface area (Å²) < 4.78 is 0. The van der Waals surface area contributed by atoms with Gasteiger partial charge in [-0.2, -0.15) is 0 Å². The van der Waals surface area contributed by atoms with Gasteiger partial charge in [-0.1, -0.05) is 120 Å². The first-order chi connectivity index (χ1) is 14.0. The Morgan fingerprint density at radius 1 is 0.500 bits per heavy atom. The summed E-state index contributed by atoms with van der Waals surface area (Å²) in [7, 11) is 0. The molecule has 0 fully saturated rings. The molecular weight excluding hydrogens is 364 g/mol. The average molecular weight is 401 g/mol. The van der Waals surface area contributed by atoms with Crippen LogP contribution in [0, 0.1) is 0 Å². The Balaban J connectivity index is 1.90. The number of rotatable bonds is 5. The van der Waals surface area contributed by atoms with Gasteiger partial charge in [-0.3, -0.25) is 0 Å². The van der Waals surface area contributed by atoms with Gasteiger partial charge in [0.1, 0.15) is 0 Å². The lowest BCUT2D eigenvalue weighted by Gasteiger charge is -2.30. The zero-order valence-corrected chi connectivity index (χ0v) is 19.4. The normalized spacial score (nSPS) is 12.8. The SMILES string of the molecule is CC(C)(C)c1ccc(CC(O)(Cc2ccc(C(C)(C)C)cc2)c2ccccc2)cc1. The highest BCUT2D eigenvalue weighted by Gasteiger charge is 2.30. The minimum absolute atomic E-state index is 0.128. The van der Waals surface area contributed by atoms with Crippen LogP contribution in [-0.4, -0.2) is 5.11 Å². The van der Waals surface area contributed by atoms with Crippen molar-refractivity contribution in [2.75, 3.05) is 0 Å². The predicted octanol–water partition coefficient (Wildman–Crippen LogP) is 6.95. The van der Waals surface area contributed by atoms with Crippen molar-refractivity contribution in [1.29, 1.82) is 0 Å². The van der Waals surface area contributed by atoms with E-state index in [4.69, 9.17) is 0 Å². The van der Waals surface area contributed by atoms with Crippen molar-refractivity contribution in [3.05, 3.63) is 107 Å². The summed E-state index contributed by atoms with van der Waals surface area (Å²) in [6, 6.07) is 27.5. The van der Waals surface area contributed by atoms with Crippen molar-refractivity contribution in [3.8, 4) is 0 Å². The second-order valence-electron chi connectivity index (χ2n) is 10.6. The highest BCUT2D eigenvalue weighted by molar-refractivity contribution is 5.34. The van der Waals surface area contributed by atoms with E-state index in [0.29, 0.717) is 12.8 Å². The van der Waals surface area contributed by atoms with Crippen molar-refractivity contribution in [3.63, 3.8) is 0 Å². The van der Waals surface area contributed by atoms with Crippen LogP contribution in [0.4, 0.5) is 0 Å². The number of hydrogen-bond acceptors (Lipinski definition) is 1. The summed E-state index contributed by atoms with van der Waals surface area (Å²) in [5.41, 5.74) is 5.20. The molecule has 0 bridgehead atoms. The lowest BCUT2D eigenvalue weighted by Crippen LogP contribution is -2.31. The first kappa shape index (κ1) is 22.3. The van der Waals surface area contributed by atoms with Gasteiger partial charge in [-0.05, 0) is 38.6 Å². The number of benzene rings is 3. The third-order valence-corrected chi connectivity index (χ3v) is 5.94. The fourth-order valence-corrected chi connectivity index (χ4v) is 3.94. The zero-order valence-electron chi connectivity index (χ0n) is 19.4. The van der Waals surface area contributed by atoms with E-state index in [-0.39, 0.29) is 10.8 Å².